The van der Waals surface area contributed by atoms with E-state index in [1.54, 1.807) is 0 Å². The fourth-order valence-electron chi connectivity index (χ4n) is 1.50. The molecule has 0 amide bonds. The SMILES string of the molecule is Cc1cc(=Nc2ccccc2)n(C)n1C. The Balaban J connectivity index is 2.55. The van der Waals surface area contributed by atoms with Crippen LogP contribution in [0.3, 0.4) is 0 Å². The molecule has 1 aromatic carbocycles. The zero-order valence-electron chi connectivity index (χ0n) is 9.31. The lowest BCUT2D eigenvalue weighted by Crippen LogP contribution is -2.18. The molecular weight excluding hydrogens is 186 g/mol. The van der Waals surface area contributed by atoms with Crippen molar-refractivity contribution in [3.8, 4) is 0 Å². The Kier molecular flexibility index (Phi) is 2.46. The van der Waals surface area contributed by atoms with Crippen LogP contribution in [-0.4, -0.2) is 9.36 Å². The Morgan fingerprint density at radius 2 is 1.67 bits per heavy atom. The summed E-state index contributed by atoms with van der Waals surface area (Å²) in [6.07, 6.45) is 0. The van der Waals surface area contributed by atoms with Crippen molar-refractivity contribution in [2.45, 2.75) is 6.92 Å². The van der Waals surface area contributed by atoms with Crippen molar-refractivity contribution >= 4 is 5.69 Å². The van der Waals surface area contributed by atoms with Gasteiger partial charge in [-0.25, -0.2) is 4.99 Å². The molecule has 0 spiro atoms. The zero-order valence-corrected chi connectivity index (χ0v) is 9.31. The second-order valence-electron chi connectivity index (χ2n) is 3.64. The molecule has 3 heteroatoms. The number of hydrogen-bond acceptors (Lipinski definition) is 1. The standard InChI is InChI=1S/C12H15N3/c1-10-9-12(15(3)14(10)2)13-11-7-5-4-6-8-11/h4-9H,1-3H3. The third-order valence-corrected chi connectivity index (χ3v) is 2.63. The maximum Gasteiger partial charge on any atom is 0.149 e. The van der Waals surface area contributed by atoms with Gasteiger partial charge in [0.2, 0.25) is 0 Å². The van der Waals surface area contributed by atoms with Gasteiger partial charge in [0.25, 0.3) is 0 Å². The predicted octanol–water partition coefficient (Wildman–Crippen LogP) is 1.90. The molecule has 0 atom stereocenters. The molecule has 0 saturated carbocycles. The van der Waals surface area contributed by atoms with Crippen LogP contribution in [0.25, 0.3) is 0 Å². The van der Waals surface area contributed by atoms with Gasteiger partial charge in [0, 0.05) is 25.9 Å². The van der Waals surface area contributed by atoms with Gasteiger partial charge in [-0.2, -0.15) is 0 Å². The van der Waals surface area contributed by atoms with Crippen LogP contribution in [0.5, 0.6) is 0 Å². The van der Waals surface area contributed by atoms with E-state index in [2.05, 4.69) is 22.7 Å². The highest BCUT2D eigenvalue weighted by molar-refractivity contribution is 5.35. The molecule has 1 aromatic heterocycles. The van der Waals surface area contributed by atoms with E-state index in [4.69, 9.17) is 0 Å². The van der Waals surface area contributed by atoms with Gasteiger partial charge in [0.1, 0.15) is 5.49 Å². The highest BCUT2D eigenvalue weighted by atomic mass is 15.4. The highest BCUT2D eigenvalue weighted by Crippen LogP contribution is 2.08. The number of para-hydroxylation sites is 1. The summed E-state index contributed by atoms with van der Waals surface area (Å²) in [7, 11) is 4.04. The number of hydrogen-bond donors (Lipinski definition) is 0. The fraction of sp³-hybridized carbons (Fsp3) is 0.250. The van der Waals surface area contributed by atoms with E-state index >= 15 is 0 Å². The van der Waals surface area contributed by atoms with Crippen LogP contribution >= 0.6 is 0 Å². The van der Waals surface area contributed by atoms with Crippen molar-refractivity contribution in [2.75, 3.05) is 0 Å². The third kappa shape index (κ3) is 1.86. The summed E-state index contributed by atoms with van der Waals surface area (Å²) in [6.45, 7) is 2.07. The summed E-state index contributed by atoms with van der Waals surface area (Å²) in [5.74, 6) is 0. The normalized spacial score (nSPS) is 12.1. The summed E-state index contributed by atoms with van der Waals surface area (Å²) in [6, 6.07) is 12.1. The van der Waals surface area contributed by atoms with E-state index in [1.807, 2.05) is 49.1 Å². The van der Waals surface area contributed by atoms with Crippen LogP contribution in [0.15, 0.2) is 41.4 Å². The molecular formula is C12H15N3. The average molecular weight is 201 g/mol. The molecule has 0 fully saturated rings. The minimum absolute atomic E-state index is 0.973. The van der Waals surface area contributed by atoms with Gasteiger partial charge in [-0.05, 0) is 19.1 Å². The van der Waals surface area contributed by atoms with E-state index in [0.29, 0.717) is 0 Å². The molecule has 1 heterocycles. The van der Waals surface area contributed by atoms with Crippen LogP contribution < -0.4 is 5.49 Å². The molecule has 0 unspecified atom stereocenters. The Morgan fingerprint density at radius 1 is 1.00 bits per heavy atom. The summed E-state index contributed by atoms with van der Waals surface area (Å²) in [5, 5.41) is 0. The molecule has 0 N–H and O–H groups in total. The van der Waals surface area contributed by atoms with Crippen molar-refractivity contribution in [3.63, 3.8) is 0 Å². The maximum atomic E-state index is 4.56. The molecule has 3 nitrogen and oxygen atoms in total. The minimum Gasteiger partial charge on any atom is -0.292 e. The molecule has 0 aliphatic carbocycles. The smallest absolute Gasteiger partial charge is 0.149 e. The molecule has 78 valence electrons. The van der Waals surface area contributed by atoms with Crippen LogP contribution in [-0.2, 0) is 14.1 Å². The predicted molar refractivity (Wildman–Crippen MR) is 60.8 cm³/mol. The highest BCUT2D eigenvalue weighted by Gasteiger charge is 1.97. The minimum atomic E-state index is 0.973. The summed E-state index contributed by atoms with van der Waals surface area (Å²) in [4.78, 5) is 4.56. The van der Waals surface area contributed by atoms with Gasteiger partial charge in [0.05, 0.1) is 5.69 Å². The summed E-state index contributed by atoms with van der Waals surface area (Å²) < 4.78 is 4.10. The fourth-order valence-corrected chi connectivity index (χ4v) is 1.50. The van der Waals surface area contributed by atoms with Gasteiger partial charge in [0.15, 0.2) is 0 Å². The largest absolute Gasteiger partial charge is 0.292 e. The van der Waals surface area contributed by atoms with E-state index in [9.17, 15) is 0 Å². The van der Waals surface area contributed by atoms with E-state index in [1.165, 1.54) is 5.69 Å². The second kappa shape index (κ2) is 3.77. The average Bonchev–Trinajstić information content (AvgIpc) is 2.48. The first kappa shape index (κ1) is 9.77. The first-order valence-electron chi connectivity index (χ1n) is 4.98. The Morgan fingerprint density at radius 3 is 2.20 bits per heavy atom. The molecule has 0 saturated heterocycles. The first-order chi connectivity index (χ1) is 7.18. The van der Waals surface area contributed by atoms with Gasteiger partial charge >= 0.3 is 0 Å². The lowest BCUT2D eigenvalue weighted by molar-refractivity contribution is 0.561. The van der Waals surface area contributed by atoms with Crippen LogP contribution in [0.4, 0.5) is 5.69 Å². The second-order valence-corrected chi connectivity index (χ2v) is 3.64. The summed E-state index contributed by atoms with van der Waals surface area (Å²) in [5.41, 5.74) is 3.16. The molecule has 0 aliphatic rings. The van der Waals surface area contributed by atoms with Gasteiger partial charge in [-0.15, -0.1) is 0 Å². The number of benzene rings is 1. The summed E-state index contributed by atoms with van der Waals surface area (Å²) >= 11 is 0. The first-order valence-corrected chi connectivity index (χ1v) is 4.98. The number of rotatable bonds is 1. The van der Waals surface area contributed by atoms with Crippen LogP contribution in [0.2, 0.25) is 0 Å². The Labute approximate surface area is 89.3 Å². The number of aryl methyl sites for hydroxylation is 1. The molecule has 2 aromatic rings. The molecule has 2 rings (SSSR count). The zero-order chi connectivity index (χ0) is 10.8. The Hall–Kier alpha value is -1.77. The maximum absolute atomic E-state index is 4.56. The van der Waals surface area contributed by atoms with Gasteiger partial charge in [-0.3, -0.25) is 9.36 Å². The lowest BCUT2D eigenvalue weighted by atomic mass is 10.3. The van der Waals surface area contributed by atoms with Crippen molar-refractivity contribution < 1.29 is 0 Å². The van der Waals surface area contributed by atoms with E-state index in [-0.39, 0.29) is 0 Å². The topological polar surface area (TPSA) is 22.2 Å². The van der Waals surface area contributed by atoms with Crippen molar-refractivity contribution in [1.29, 1.82) is 0 Å². The Bertz CT molecular complexity index is 518. The monoisotopic (exact) mass is 201 g/mol. The van der Waals surface area contributed by atoms with Crippen LogP contribution in [0, 0.1) is 6.92 Å². The molecule has 0 bridgehead atoms. The van der Waals surface area contributed by atoms with Crippen molar-refractivity contribution in [2.24, 2.45) is 19.1 Å². The molecule has 0 radical (unpaired) electrons. The van der Waals surface area contributed by atoms with Crippen molar-refractivity contribution in [3.05, 3.63) is 47.6 Å². The van der Waals surface area contributed by atoms with E-state index < -0.39 is 0 Å². The number of aromatic nitrogens is 2. The van der Waals surface area contributed by atoms with Crippen molar-refractivity contribution in [1.82, 2.24) is 9.36 Å². The lowest BCUT2D eigenvalue weighted by Gasteiger charge is -2.01. The quantitative estimate of drug-likeness (QED) is 0.672. The number of nitrogens with zero attached hydrogens (tertiary/aromatic N) is 3. The molecule has 15 heavy (non-hydrogen) atoms. The van der Waals surface area contributed by atoms with E-state index in [0.717, 1.165) is 11.2 Å². The van der Waals surface area contributed by atoms with Gasteiger partial charge < -0.3 is 0 Å². The molecule has 0 aliphatic heterocycles. The van der Waals surface area contributed by atoms with Gasteiger partial charge in [-0.1, -0.05) is 18.2 Å². The van der Waals surface area contributed by atoms with Crippen LogP contribution in [0.1, 0.15) is 5.69 Å². The third-order valence-electron chi connectivity index (χ3n) is 2.63.